The molecule has 0 saturated carbocycles. The quantitative estimate of drug-likeness (QED) is 0.456. The summed E-state index contributed by atoms with van der Waals surface area (Å²) in [5, 5.41) is 19.0. The molecule has 0 aliphatic carbocycles. The van der Waals surface area contributed by atoms with Crippen LogP contribution in [0.25, 0.3) is 11.1 Å². The van der Waals surface area contributed by atoms with Gasteiger partial charge in [0.2, 0.25) is 0 Å². The van der Waals surface area contributed by atoms with Gasteiger partial charge in [-0.15, -0.1) is 0 Å². The number of sulfone groups is 1. The first kappa shape index (κ1) is 22.5. The number of anilines is 2. The number of phenols is 1. The molecule has 0 heterocycles. The first-order chi connectivity index (χ1) is 14.6. The summed E-state index contributed by atoms with van der Waals surface area (Å²) in [5.41, 5.74) is 1.46. The molecule has 3 aromatic rings. The Bertz CT molecular complexity index is 1250. The lowest BCUT2D eigenvalue weighted by Crippen LogP contribution is -2.19. The lowest BCUT2D eigenvalue weighted by Gasteiger charge is -2.21. The zero-order chi connectivity index (χ0) is 22.8. The van der Waals surface area contributed by atoms with Crippen molar-refractivity contribution in [3.63, 3.8) is 0 Å². The molecule has 10 heteroatoms. The highest BCUT2D eigenvalue weighted by molar-refractivity contribution is 7.91. The van der Waals surface area contributed by atoms with Gasteiger partial charge in [0, 0.05) is 6.07 Å². The Hall–Kier alpha value is -3.21. The maximum atomic E-state index is 12.0. The van der Waals surface area contributed by atoms with Crippen molar-refractivity contribution in [3.05, 3.63) is 72.3 Å². The van der Waals surface area contributed by atoms with Crippen molar-refractivity contribution in [2.24, 2.45) is 0 Å². The lowest BCUT2D eigenvalue weighted by atomic mass is 10.1. The molecule has 0 amide bonds. The second kappa shape index (κ2) is 8.88. The van der Waals surface area contributed by atoms with E-state index in [9.17, 15) is 27.1 Å². The highest BCUT2D eigenvalue weighted by atomic mass is 32.2. The van der Waals surface area contributed by atoms with E-state index in [2.05, 4.69) is 0 Å². The van der Waals surface area contributed by atoms with Crippen LogP contribution in [0.4, 0.5) is 11.4 Å². The zero-order valence-corrected chi connectivity index (χ0v) is 17.9. The molecular formula is C21H19NO7S2. The first-order valence-electron chi connectivity index (χ1n) is 9.04. The van der Waals surface area contributed by atoms with Gasteiger partial charge in [0.05, 0.1) is 22.0 Å². The summed E-state index contributed by atoms with van der Waals surface area (Å²) in [6, 6.07) is 16.5. The number of rotatable bonds is 7. The van der Waals surface area contributed by atoms with Gasteiger partial charge in [-0.3, -0.25) is 4.55 Å². The van der Waals surface area contributed by atoms with Gasteiger partial charge in [0.25, 0.3) is 11.3 Å². The third kappa shape index (κ3) is 4.76. The maximum absolute atomic E-state index is 12.0. The third-order valence-corrected chi connectivity index (χ3v) is 7.09. The van der Waals surface area contributed by atoms with Crippen LogP contribution in [-0.2, 0) is 21.1 Å². The molecular weight excluding hydrogens is 442 g/mol. The molecule has 0 bridgehead atoms. The van der Waals surface area contributed by atoms with Crippen LogP contribution in [-0.4, -0.2) is 39.1 Å². The van der Waals surface area contributed by atoms with Crippen LogP contribution in [0.3, 0.4) is 0 Å². The van der Waals surface area contributed by atoms with E-state index in [0.717, 1.165) is 16.4 Å². The summed E-state index contributed by atoms with van der Waals surface area (Å²) in [6.07, 6.45) is 0. The fourth-order valence-corrected chi connectivity index (χ4v) is 4.46. The Morgan fingerprint density at radius 1 is 0.968 bits per heavy atom. The lowest BCUT2D eigenvalue weighted by molar-refractivity contribution is 0.0693. The van der Waals surface area contributed by atoms with Crippen molar-refractivity contribution in [3.8, 4) is 16.9 Å². The first-order valence-corrected chi connectivity index (χ1v) is 11.8. The Kier molecular flexibility index (Phi) is 6.44. The van der Waals surface area contributed by atoms with Crippen LogP contribution in [0.15, 0.2) is 71.6 Å². The van der Waals surface area contributed by atoms with E-state index < -0.39 is 32.8 Å². The van der Waals surface area contributed by atoms with Crippen LogP contribution >= 0.6 is 0 Å². The standard InChI is InChI=1S/C21H19NO7S2/c1-2-31(28,29)18-9-6-14(7-10-18)15-4-3-5-16(12-15)22(30(26)27)17-8-11-19(21(24)25)20(23)13-17/h3-13,23H,2H2,1H3,(H,24,25)(H,26,27). The van der Waals surface area contributed by atoms with Gasteiger partial charge < -0.3 is 10.2 Å². The van der Waals surface area contributed by atoms with Crippen molar-refractivity contribution in [2.75, 3.05) is 10.1 Å². The molecule has 0 aliphatic heterocycles. The average Bonchev–Trinajstić information content (AvgIpc) is 2.74. The SMILES string of the molecule is CCS(=O)(=O)c1ccc(-c2cccc(N(c3ccc(C(=O)O)c(O)c3)S(=O)O)c2)cc1. The van der Waals surface area contributed by atoms with Gasteiger partial charge in [0.15, 0.2) is 9.84 Å². The summed E-state index contributed by atoms with van der Waals surface area (Å²) in [4.78, 5) is 11.3. The molecule has 3 N–H and O–H groups in total. The molecule has 1 atom stereocenters. The molecule has 31 heavy (non-hydrogen) atoms. The predicted molar refractivity (Wildman–Crippen MR) is 118 cm³/mol. The summed E-state index contributed by atoms with van der Waals surface area (Å²) in [6.45, 7) is 1.57. The minimum Gasteiger partial charge on any atom is -0.507 e. The number of hydrogen-bond donors (Lipinski definition) is 3. The number of benzene rings is 3. The minimum absolute atomic E-state index is 0.00732. The molecule has 8 nitrogen and oxygen atoms in total. The van der Waals surface area contributed by atoms with Crippen LogP contribution < -0.4 is 4.31 Å². The molecule has 0 saturated heterocycles. The van der Waals surface area contributed by atoms with Gasteiger partial charge in [-0.25, -0.2) is 21.7 Å². The number of nitrogens with zero attached hydrogens (tertiary/aromatic N) is 1. The Balaban J connectivity index is 2.01. The highest BCUT2D eigenvalue weighted by Crippen LogP contribution is 2.33. The Morgan fingerprint density at radius 2 is 1.61 bits per heavy atom. The molecule has 0 fully saturated rings. The smallest absolute Gasteiger partial charge is 0.339 e. The second-order valence-corrected chi connectivity index (χ2v) is 9.61. The van der Waals surface area contributed by atoms with Crippen LogP contribution in [0.1, 0.15) is 17.3 Å². The Morgan fingerprint density at radius 3 is 2.16 bits per heavy atom. The average molecular weight is 462 g/mol. The van der Waals surface area contributed by atoms with E-state index in [1.807, 2.05) is 0 Å². The molecule has 1 unspecified atom stereocenters. The van der Waals surface area contributed by atoms with Crippen LogP contribution in [0.5, 0.6) is 5.75 Å². The van der Waals surface area contributed by atoms with Crippen molar-refractivity contribution in [2.45, 2.75) is 11.8 Å². The van der Waals surface area contributed by atoms with E-state index in [0.29, 0.717) is 16.8 Å². The fraction of sp³-hybridized carbons (Fsp3) is 0.0952. The number of hydrogen-bond acceptors (Lipinski definition) is 5. The Labute approximate surface area is 181 Å². The highest BCUT2D eigenvalue weighted by Gasteiger charge is 2.19. The van der Waals surface area contributed by atoms with E-state index in [1.165, 1.54) is 18.2 Å². The van der Waals surface area contributed by atoms with E-state index in [4.69, 9.17) is 5.11 Å². The van der Waals surface area contributed by atoms with E-state index in [1.54, 1.807) is 43.3 Å². The number of carboxylic acids is 1. The van der Waals surface area contributed by atoms with Gasteiger partial charge in [0.1, 0.15) is 11.3 Å². The second-order valence-electron chi connectivity index (χ2n) is 6.51. The summed E-state index contributed by atoms with van der Waals surface area (Å²) in [7, 11) is -3.33. The van der Waals surface area contributed by atoms with Crippen LogP contribution in [0, 0.1) is 0 Å². The molecule has 0 aromatic heterocycles. The number of aromatic hydroxyl groups is 1. The van der Waals surface area contributed by atoms with E-state index >= 15 is 0 Å². The summed E-state index contributed by atoms with van der Waals surface area (Å²) in [5.74, 6) is -1.87. The normalized spacial score (nSPS) is 12.3. The van der Waals surface area contributed by atoms with Gasteiger partial charge in [-0.2, -0.15) is 0 Å². The van der Waals surface area contributed by atoms with Gasteiger partial charge in [-0.1, -0.05) is 31.2 Å². The molecule has 0 radical (unpaired) electrons. The zero-order valence-electron chi connectivity index (χ0n) is 16.3. The predicted octanol–water partition coefficient (Wildman–Crippen LogP) is 3.83. The topological polar surface area (TPSA) is 132 Å². The van der Waals surface area contributed by atoms with Crippen LogP contribution in [0.2, 0.25) is 0 Å². The summed E-state index contributed by atoms with van der Waals surface area (Å²) < 4.78 is 46.9. The van der Waals surface area contributed by atoms with Crippen molar-refractivity contribution < 1.29 is 32.2 Å². The molecule has 3 aromatic carbocycles. The molecule has 0 spiro atoms. The summed E-state index contributed by atoms with van der Waals surface area (Å²) >= 11 is -2.52. The van der Waals surface area contributed by atoms with Gasteiger partial charge in [-0.05, 0) is 47.5 Å². The number of carbonyl (C=O) groups is 1. The third-order valence-electron chi connectivity index (χ3n) is 4.61. The largest absolute Gasteiger partial charge is 0.507 e. The molecule has 162 valence electrons. The monoisotopic (exact) mass is 461 g/mol. The van der Waals surface area contributed by atoms with E-state index in [-0.39, 0.29) is 21.9 Å². The molecule has 0 aliphatic rings. The minimum atomic E-state index is -3.33. The van der Waals surface area contributed by atoms with Gasteiger partial charge >= 0.3 is 5.97 Å². The van der Waals surface area contributed by atoms with Crippen molar-refractivity contribution in [1.82, 2.24) is 0 Å². The van der Waals surface area contributed by atoms with Crippen molar-refractivity contribution in [1.29, 1.82) is 0 Å². The van der Waals surface area contributed by atoms with Crippen molar-refractivity contribution >= 4 is 38.4 Å². The molecule has 3 rings (SSSR count). The maximum Gasteiger partial charge on any atom is 0.339 e. The fourth-order valence-electron chi connectivity index (χ4n) is 2.99. The number of carboxylic acid groups (broad SMARTS) is 1. The number of aromatic carboxylic acids is 1.